The van der Waals surface area contributed by atoms with Crippen molar-refractivity contribution in [2.75, 3.05) is 0 Å². The summed E-state index contributed by atoms with van der Waals surface area (Å²) in [6, 6.07) is -3.28. The summed E-state index contributed by atoms with van der Waals surface area (Å²) in [6.45, 7) is 0. The van der Waals surface area contributed by atoms with Crippen LogP contribution in [-0.2, 0) is 0 Å². The van der Waals surface area contributed by atoms with Crippen molar-refractivity contribution >= 4 is 71.1 Å². The van der Waals surface area contributed by atoms with Gasteiger partial charge in [0.05, 0.1) is 0 Å². The van der Waals surface area contributed by atoms with Crippen LogP contribution in [0.5, 0.6) is 0 Å². The van der Waals surface area contributed by atoms with Gasteiger partial charge in [-0.3, -0.25) is 0 Å². The van der Waals surface area contributed by atoms with Crippen LogP contribution in [0.25, 0.3) is 0 Å². The molecule has 7 heteroatoms. The van der Waals surface area contributed by atoms with E-state index in [0.717, 1.165) is 0 Å². The average molecular weight is 325 g/mol. The second-order valence-electron chi connectivity index (χ2n) is 0.996. The van der Waals surface area contributed by atoms with E-state index in [9.17, 15) is 4.39 Å². The van der Waals surface area contributed by atoms with E-state index >= 15 is 0 Å². The highest BCUT2D eigenvalue weighted by Gasteiger charge is 2.49. The predicted molar refractivity (Wildman–Crippen MR) is 45.0 cm³/mol. The summed E-state index contributed by atoms with van der Waals surface area (Å²) >= 11 is 20.7. The fraction of sp³-hybridized carbons (Fsp3) is 1.00. The molecule has 0 amide bonds. The third kappa shape index (κ3) is 3.22. The zero-order chi connectivity index (χ0) is 7.00. The average Bonchev–Trinajstić information content (AvgIpc) is 1.25. The minimum Gasteiger partial charge on any atom is -0.218 e. The SMILES string of the molecule is FC(Br)(Br)[Si](Cl)(Cl)Cl. The van der Waals surface area contributed by atoms with Gasteiger partial charge in [-0.2, -0.15) is 0 Å². The molecule has 8 heavy (non-hydrogen) atoms. The van der Waals surface area contributed by atoms with E-state index < -0.39 is 9.11 Å². The van der Waals surface area contributed by atoms with Gasteiger partial charge in [-0.25, -0.2) is 4.39 Å². The molecule has 0 saturated carbocycles. The Hall–Kier alpha value is 1.98. The van der Waals surface area contributed by atoms with E-state index in [1.54, 1.807) is 0 Å². The van der Waals surface area contributed by atoms with E-state index in [0.29, 0.717) is 0 Å². The maximum Gasteiger partial charge on any atom is 0.402 e. The molecular weight excluding hydrogens is 325 g/mol. The van der Waals surface area contributed by atoms with Crippen molar-refractivity contribution < 1.29 is 4.39 Å². The summed E-state index contributed by atoms with van der Waals surface area (Å²) in [5.41, 5.74) is 0. The molecule has 0 nitrogen and oxygen atoms in total. The Morgan fingerprint density at radius 1 is 1.25 bits per heavy atom. The Bertz CT molecular complexity index is 72.3. The Morgan fingerprint density at radius 2 is 1.38 bits per heavy atom. The van der Waals surface area contributed by atoms with Gasteiger partial charge in [0.15, 0.2) is 0 Å². The van der Waals surface area contributed by atoms with Crippen LogP contribution in [-0.4, -0.2) is 9.11 Å². The van der Waals surface area contributed by atoms with Crippen molar-refractivity contribution in [3.8, 4) is 0 Å². The van der Waals surface area contributed by atoms with Crippen LogP contribution >= 0.6 is 65.1 Å². The van der Waals surface area contributed by atoms with Crippen LogP contribution < -0.4 is 0 Å². The molecule has 0 heterocycles. The van der Waals surface area contributed by atoms with Crippen LogP contribution in [0.15, 0.2) is 0 Å². The minimum absolute atomic E-state index is 2.00. The topological polar surface area (TPSA) is 0 Å². The summed E-state index contributed by atoms with van der Waals surface area (Å²) in [5.74, 6) is 0. The van der Waals surface area contributed by atoms with Gasteiger partial charge < -0.3 is 0 Å². The zero-order valence-corrected chi connectivity index (χ0v) is 9.71. The van der Waals surface area contributed by atoms with Crippen molar-refractivity contribution in [2.45, 2.75) is 3.11 Å². The Morgan fingerprint density at radius 3 is 1.38 bits per heavy atom. The van der Waals surface area contributed by atoms with Crippen LogP contribution in [0.3, 0.4) is 0 Å². The molecule has 0 fully saturated rings. The Kier molecular flexibility index (Phi) is 3.65. The molecule has 0 aliphatic heterocycles. The van der Waals surface area contributed by atoms with Crippen molar-refractivity contribution in [1.29, 1.82) is 0 Å². The summed E-state index contributed by atoms with van der Waals surface area (Å²) in [7, 11) is 0. The normalized spacial score (nSPS) is 14.2. The molecule has 0 N–H and O–H groups in total. The molecule has 0 aliphatic carbocycles. The number of hydrogen-bond acceptors (Lipinski definition) is 0. The highest BCUT2D eigenvalue weighted by molar-refractivity contribution is 9.26. The molecule has 0 aromatic heterocycles. The lowest BCUT2D eigenvalue weighted by Gasteiger charge is -2.15. The third-order valence-electron chi connectivity index (χ3n) is 0.321. The lowest BCUT2D eigenvalue weighted by atomic mass is 11.8. The highest BCUT2D eigenvalue weighted by Crippen LogP contribution is 2.45. The summed E-state index contributed by atoms with van der Waals surface area (Å²) < 4.78 is 10.4. The van der Waals surface area contributed by atoms with Crippen molar-refractivity contribution in [2.24, 2.45) is 0 Å². The third-order valence-corrected chi connectivity index (χ3v) is 11.0. The molecule has 0 unspecified atom stereocenters. The molecule has 0 bridgehead atoms. The molecule has 0 rings (SSSR count). The number of hydrogen-bond donors (Lipinski definition) is 0. The molecule has 0 spiro atoms. The van der Waals surface area contributed by atoms with E-state index in [-0.39, 0.29) is 0 Å². The van der Waals surface area contributed by atoms with Gasteiger partial charge in [0.1, 0.15) is 0 Å². The summed E-state index contributed by atoms with van der Waals surface area (Å²) in [5, 5.41) is 0. The van der Waals surface area contributed by atoms with Gasteiger partial charge in [0, 0.05) is 0 Å². The predicted octanol–water partition coefficient (Wildman–Crippen LogP) is 3.59. The lowest BCUT2D eigenvalue weighted by molar-refractivity contribution is 0.535. The number of halogens is 6. The van der Waals surface area contributed by atoms with Crippen LogP contribution in [0.4, 0.5) is 4.39 Å². The largest absolute Gasteiger partial charge is 0.402 e. The van der Waals surface area contributed by atoms with Crippen molar-refractivity contribution in [3.63, 3.8) is 0 Å². The number of rotatable bonds is 1. The maximum absolute atomic E-state index is 12.4. The van der Waals surface area contributed by atoms with Crippen molar-refractivity contribution in [1.82, 2.24) is 0 Å². The highest BCUT2D eigenvalue weighted by atomic mass is 79.9. The minimum atomic E-state index is -3.28. The Balaban J connectivity index is 4.02. The molecule has 0 aromatic carbocycles. The second kappa shape index (κ2) is 2.92. The molecule has 0 aromatic rings. The first kappa shape index (κ1) is 9.98. The molecule has 50 valence electrons. The standard InChI is InChI=1S/CBr2Cl3FSi/c2-1(3,7)8(4,5)6. The van der Waals surface area contributed by atoms with Gasteiger partial charge in [-0.05, 0) is 31.9 Å². The van der Waals surface area contributed by atoms with E-state index in [4.69, 9.17) is 33.2 Å². The monoisotopic (exact) mass is 322 g/mol. The Labute approximate surface area is 78.0 Å². The fourth-order valence-electron chi connectivity index (χ4n) is 0. The molecule has 0 radical (unpaired) electrons. The van der Waals surface area contributed by atoms with E-state index in [1.165, 1.54) is 0 Å². The first-order valence-corrected chi connectivity index (χ1v) is 8.01. The quantitative estimate of drug-likeness (QED) is 0.393. The molecule has 0 aliphatic rings. The van der Waals surface area contributed by atoms with Crippen molar-refractivity contribution in [3.05, 3.63) is 0 Å². The summed E-state index contributed by atoms with van der Waals surface area (Å²) in [4.78, 5) is 0. The van der Waals surface area contributed by atoms with Crippen LogP contribution in [0, 0.1) is 0 Å². The van der Waals surface area contributed by atoms with Gasteiger partial charge in [-0.15, -0.1) is 33.2 Å². The van der Waals surface area contributed by atoms with E-state index in [2.05, 4.69) is 31.9 Å². The number of alkyl halides is 3. The zero-order valence-electron chi connectivity index (χ0n) is 3.27. The first-order chi connectivity index (χ1) is 3.25. The van der Waals surface area contributed by atoms with Gasteiger partial charge in [-0.1, -0.05) is 0 Å². The molecular formula is CBr2Cl3FSi. The molecule has 0 saturated heterocycles. The van der Waals surface area contributed by atoms with Gasteiger partial charge >= 0.3 is 6.00 Å². The smallest absolute Gasteiger partial charge is 0.218 e. The van der Waals surface area contributed by atoms with Crippen LogP contribution in [0.2, 0.25) is 0 Å². The molecule has 0 atom stereocenters. The van der Waals surface area contributed by atoms with Gasteiger partial charge in [0.2, 0.25) is 0 Å². The summed E-state index contributed by atoms with van der Waals surface area (Å²) in [6.07, 6.45) is 0. The maximum atomic E-state index is 12.4. The lowest BCUT2D eigenvalue weighted by Crippen LogP contribution is -2.30. The van der Waals surface area contributed by atoms with Gasteiger partial charge in [0.25, 0.3) is 3.11 Å². The second-order valence-corrected chi connectivity index (χ2v) is 14.2. The first-order valence-electron chi connectivity index (χ1n) is 1.38. The van der Waals surface area contributed by atoms with Crippen LogP contribution in [0.1, 0.15) is 0 Å². The fourth-order valence-corrected chi connectivity index (χ4v) is 0. The van der Waals surface area contributed by atoms with E-state index in [1.807, 2.05) is 0 Å².